The number of aromatic nitrogens is 1. The molecule has 6 nitrogen and oxygen atoms in total. The Hall–Kier alpha value is -2.96. The van der Waals surface area contributed by atoms with Crippen LogP contribution in [0.25, 0.3) is 0 Å². The minimum Gasteiger partial charge on any atom is -0.371 e. The fourth-order valence-corrected chi connectivity index (χ4v) is 3.63. The Kier molecular flexibility index (Phi) is 6.03. The van der Waals surface area contributed by atoms with Gasteiger partial charge in [0.05, 0.1) is 13.2 Å². The highest BCUT2D eigenvalue weighted by atomic mass is 16.5. The number of amides is 1. The molecule has 2 heterocycles. The number of nitrogens with zero attached hydrogens (tertiary/aromatic N) is 2. The minimum atomic E-state index is -0.252. The van der Waals surface area contributed by atoms with Gasteiger partial charge in [-0.15, -0.1) is 0 Å². The molecule has 0 radical (unpaired) electrons. The Morgan fingerprint density at radius 1 is 1.14 bits per heavy atom. The van der Waals surface area contributed by atoms with Gasteiger partial charge in [-0.2, -0.15) is 0 Å². The van der Waals surface area contributed by atoms with Gasteiger partial charge in [0, 0.05) is 19.2 Å². The van der Waals surface area contributed by atoms with E-state index in [0.29, 0.717) is 25.5 Å². The van der Waals surface area contributed by atoms with Gasteiger partial charge in [-0.3, -0.25) is 9.69 Å². The molecule has 0 bridgehead atoms. The minimum absolute atomic E-state index is 0.132. The quantitative estimate of drug-likeness (QED) is 0.669. The van der Waals surface area contributed by atoms with Crippen molar-refractivity contribution in [3.63, 3.8) is 0 Å². The number of nitrogens with one attached hydrogen (secondary N) is 1. The van der Waals surface area contributed by atoms with E-state index >= 15 is 0 Å². The van der Waals surface area contributed by atoms with Crippen molar-refractivity contribution in [3.8, 4) is 0 Å². The largest absolute Gasteiger partial charge is 0.371 e. The van der Waals surface area contributed by atoms with E-state index in [2.05, 4.69) is 39.6 Å². The zero-order chi connectivity index (χ0) is 20.1. The van der Waals surface area contributed by atoms with Crippen LogP contribution in [0.3, 0.4) is 0 Å². The van der Waals surface area contributed by atoms with Crippen molar-refractivity contribution in [2.45, 2.75) is 25.6 Å². The van der Waals surface area contributed by atoms with E-state index in [0.717, 1.165) is 18.5 Å². The zero-order valence-electron chi connectivity index (χ0n) is 16.5. The van der Waals surface area contributed by atoms with Crippen LogP contribution in [0, 0.1) is 0 Å². The summed E-state index contributed by atoms with van der Waals surface area (Å²) in [5.74, 6) is 0.408. The molecule has 0 fully saturated rings. The molecular formula is C23H25N3O3. The number of carbonyl (C=O) groups excluding carboxylic acids is 1. The summed E-state index contributed by atoms with van der Waals surface area (Å²) in [5, 5.41) is 6.85. The molecule has 29 heavy (non-hydrogen) atoms. The third kappa shape index (κ3) is 4.91. The van der Waals surface area contributed by atoms with Crippen molar-refractivity contribution < 1.29 is 14.1 Å². The number of hydrogen-bond acceptors (Lipinski definition) is 5. The molecule has 1 atom stereocenters. The lowest BCUT2D eigenvalue weighted by atomic mass is 9.97. The summed E-state index contributed by atoms with van der Waals surface area (Å²) in [6.07, 6.45) is 0.774. The van der Waals surface area contributed by atoms with Crippen molar-refractivity contribution in [2.75, 3.05) is 20.2 Å². The van der Waals surface area contributed by atoms with Crippen molar-refractivity contribution in [3.05, 3.63) is 88.8 Å². The molecule has 6 heteroatoms. The van der Waals surface area contributed by atoms with Crippen molar-refractivity contribution in [2.24, 2.45) is 0 Å². The SMILES string of the molecule is CN(Cc1ccccc1)Cc1cc(C(=O)NC[C@H]2OCCc3ccccc32)no1. The topological polar surface area (TPSA) is 67.6 Å². The molecule has 2 aromatic carbocycles. The number of rotatable bonds is 7. The van der Waals surface area contributed by atoms with E-state index in [-0.39, 0.29) is 17.7 Å². The van der Waals surface area contributed by atoms with E-state index in [1.807, 2.05) is 37.4 Å². The molecule has 1 amide bonds. The normalized spacial score (nSPS) is 15.9. The van der Waals surface area contributed by atoms with Gasteiger partial charge in [-0.25, -0.2) is 0 Å². The maximum atomic E-state index is 12.5. The number of benzene rings is 2. The second-order valence-corrected chi connectivity index (χ2v) is 7.35. The average Bonchev–Trinajstić information content (AvgIpc) is 3.21. The van der Waals surface area contributed by atoms with Crippen LogP contribution in [0.4, 0.5) is 0 Å². The van der Waals surface area contributed by atoms with Crippen LogP contribution in [0.15, 0.2) is 65.2 Å². The molecule has 1 aliphatic rings. The molecule has 1 aromatic heterocycles. The van der Waals surface area contributed by atoms with Gasteiger partial charge in [0.1, 0.15) is 6.10 Å². The lowest BCUT2D eigenvalue weighted by molar-refractivity contribution is 0.0410. The first-order valence-corrected chi connectivity index (χ1v) is 9.84. The van der Waals surface area contributed by atoms with Gasteiger partial charge in [0.25, 0.3) is 5.91 Å². The van der Waals surface area contributed by atoms with Crippen LogP contribution in [0.2, 0.25) is 0 Å². The van der Waals surface area contributed by atoms with Crippen LogP contribution in [-0.4, -0.2) is 36.2 Å². The Labute approximate surface area is 170 Å². The van der Waals surface area contributed by atoms with Gasteiger partial charge in [-0.05, 0) is 30.2 Å². The van der Waals surface area contributed by atoms with Gasteiger partial charge in [-0.1, -0.05) is 59.8 Å². The first-order valence-electron chi connectivity index (χ1n) is 9.84. The molecule has 0 saturated carbocycles. The summed E-state index contributed by atoms with van der Waals surface area (Å²) in [7, 11) is 2.01. The van der Waals surface area contributed by atoms with Crippen molar-refractivity contribution in [1.82, 2.24) is 15.4 Å². The third-order valence-electron chi connectivity index (χ3n) is 5.05. The van der Waals surface area contributed by atoms with Gasteiger partial charge >= 0.3 is 0 Å². The number of fused-ring (bicyclic) bond motifs is 1. The van der Waals surface area contributed by atoms with E-state index in [1.165, 1.54) is 11.1 Å². The first-order chi connectivity index (χ1) is 14.2. The fraction of sp³-hybridized carbons (Fsp3) is 0.304. The van der Waals surface area contributed by atoms with Crippen molar-refractivity contribution in [1.29, 1.82) is 0 Å². The van der Waals surface area contributed by atoms with Gasteiger partial charge in [0.15, 0.2) is 11.5 Å². The van der Waals surface area contributed by atoms with Crippen LogP contribution in [0.1, 0.15) is 39.0 Å². The molecule has 1 aliphatic heterocycles. The predicted octanol–water partition coefficient (Wildman–Crippen LogP) is 3.35. The summed E-state index contributed by atoms with van der Waals surface area (Å²) in [5.41, 5.74) is 3.93. The van der Waals surface area contributed by atoms with Crippen LogP contribution < -0.4 is 5.32 Å². The Bertz CT molecular complexity index is 955. The number of ether oxygens (including phenoxy) is 1. The monoisotopic (exact) mass is 391 g/mol. The van der Waals surface area contributed by atoms with E-state index in [1.54, 1.807) is 6.07 Å². The maximum absolute atomic E-state index is 12.5. The summed E-state index contributed by atoms with van der Waals surface area (Å²) in [6.45, 7) is 2.45. The van der Waals surface area contributed by atoms with E-state index in [4.69, 9.17) is 9.26 Å². The molecule has 4 rings (SSSR count). The second kappa shape index (κ2) is 9.03. The molecule has 1 N–H and O–H groups in total. The summed E-state index contributed by atoms with van der Waals surface area (Å²) in [4.78, 5) is 14.6. The highest BCUT2D eigenvalue weighted by Crippen LogP contribution is 2.26. The van der Waals surface area contributed by atoms with Crippen LogP contribution in [-0.2, 0) is 24.2 Å². The summed E-state index contributed by atoms with van der Waals surface area (Å²) in [6, 6.07) is 20.1. The average molecular weight is 391 g/mol. The molecule has 0 aliphatic carbocycles. The van der Waals surface area contributed by atoms with Crippen LogP contribution >= 0.6 is 0 Å². The number of hydrogen-bond donors (Lipinski definition) is 1. The fourth-order valence-electron chi connectivity index (χ4n) is 3.63. The molecule has 0 unspecified atom stereocenters. The molecule has 0 spiro atoms. The molecule has 150 valence electrons. The highest BCUT2D eigenvalue weighted by molar-refractivity contribution is 5.92. The standard InChI is InChI=1S/C23H25N3O3/c1-26(15-17-7-3-2-4-8-17)16-19-13-21(25-29-19)23(27)24-14-22-20-10-6-5-9-18(20)11-12-28-22/h2-10,13,22H,11-12,14-16H2,1H3,(H,24,27)/t22-/m1/s1. The first kappa shape index (κ1) is 19.4. The lowest BCUT2D eigenvalue weighted by Crippen LogP contribution is -2.32. The lowest BCUT2D eigenvalue weighted by Gasteiger charge is -2.26. The molecule has 3 aromatic rings. The van der Waals surface area contributed by atoms with Crippen LogP contribution in [0.5, 0.6) is 0 Å². The molecule has 0 saturated heterocycles. The summed E-state index contributed by atoms with van der Waals surface area (Å²) >= 11 is 0. The van der Waals surface area contributed by atoms with Crippen molar-refractivity contribution >= 4 is 5.91 Å². The van der Waals surface area contributed by atoms with E-state index < -0.39 is 0 Å². The third-order valence-corrected chi connectivity index (χ3v) is 5.05. The highest BCUT2D eigenvalue weighted by Gasteiger charge is 2.22. The maximum Gasteiger partial charge on any atom is 0.273 e. The predicted molar refractivity (Wildman–Crippen MR) is 109 cm³/mol. The number of carbonyl (C=O) groups is 1. The van der Waals surface area contributed by atoms with E-state index in [9.17, 15) is 4.79 Å². The molecular weight excluding hydrogens is 366 g/mol. The Morgan fingerprint density at radius 3 is 2.79 bits per heavy atom. The zero-order valence-corrected chi connectivity index (χ0v) is 16.5. The smallest absolute Gasteiger partial charge is 0.273 e. The second-order valence-electron chi connectivity index (χ2n) is 7.35. The Balaban J connectivity index is 1.31. The van der Waals surface area contributed by atoms with Gasteiger partial charge in [0.2, 0.25) is 0 Å². The summed E-state index contributed by atoms with van der Waals surface area (Å²) < 4.78 is 11.2. The Morgan fingerprint density at radius 2 is 1.93 bits per heavy atom. The van der Waals surface area contributed by atoms with Gasteiger partial charge < -0.3 is 14.6 Å².